The normalized spacial score (nSPS) is 11.2. The molecule has 1 heterocycles. The number of aromatic nitrogens is 1. The Morgan fingerprint density at radius 3 is 2.43 bits per heavy atom. The molecular weight excluding hydrogens is 597 g/mol. The number of hydrazone groups is 1. The van der Waals surface area contributed by atoms with Crippen molar-refractivity contribution in [2.45, 2.75) is 13.8 Å². The minimum absolute atomic E-state index is 0.162. The van der Waals surface area contributed by atoms with E-state index < -0.39 is 11.9 Å². The molecule has 0 spiro atoms. The number of halogens is 3. The SMILES string of the molecule is COc1cc(C=NNC(=O)c2[nH]c3c(C)cc(C)cc3c2-c2ccccc2Cl)ccc1OC(=O)c1ccc(Cl)cc1Cl. The molecule has 212 valence electrons. The van der Waals surface area contributed by atoms with E-state index in [-0.39, 0.29) is 22.1 Å². The lowest BCUT2D eigenvalue weighted by Crippen LogP contribution is -2.19. The lowest BCUT2D eigenvalue weighted by atomic mass is 9.99. The van der Waals surface area contributed by atoms with Crippen molar-refractivity contribution in [3.63, 3.8) is 0 Å². The lowest BCUT2D eigenvalue weighted by Gasteiger charge is -2.11. The summed E-state index contributed by atoms with van der Waals surface area (Å²) in [4.78, 5) is 29.3. The van der Waals surface area contributed by atoms with Crippen LogP contribution in [0.25, 0.3) is 22.0 Å². The van der Waals surface area contributed by atoms with Crippen LogP contribution in [0.2, 0.25) is 15.1 Å². The topological polar surface area (TPSA) is 92.8 Å². The van der Waals surface area contributed by atoms with Crippen molar-refractivity contribution >= 4 is 63.8 Å². The average molecular weight is 621 g/mol. The van der Waals surface area contributed by atoms with Crippen molar-refractivity contribution in [3.05, 3.63) is 116 Å². The molecule has 7 nitrogen and oxygen atoms in total. The number of H-pyrrole nitrogens is 1. The molecule has 42 heavy (non-hydrogen) atoms. The first-order valence-corrected chi connectivity index (χ1v) is 13.9. The largest absolute Gasteiger partial charge is 0.493 e. The van der Waals surface area contributed by atoms with Crippen LogP contribution in [0.4, 0.5) is 0 Å². The summed E-state index contributed by atoms with van der Waals surface area (Å²) in [6.45, 7) is 3.99. The third kappa shape index (κ3) is 5.99. The van der Waals surface area contributed by atoms with Crippen molar-refractivity contribution in [1.29, 1.82) is 0 Å². The highest BCUT2D eigenvalue weighted by Gasteiger charge is 2.22. The van der Waals surface area contributed by atoms with Gasteiger partial charge in [-0.25, -0.2) is 10.2 Å². The van der Waals surface area contributed by atoms with E-state index in [4.69, 9.17) is 44.3 Å². The maximum Gasteiger partial charge on any atom is 0.345 e. The van der Waals surface area contributed by atoms with Crippen LogP contribution in [0.5, 0.6) is 11.5 Å². The van der Waals surface area contributed by atoms with Gasteiger partial charge in [-0.15, -0.1) is 0 Å². The number of esters is 1. The minimum Gasteiger partial charge on any atom is -0.493 e. The summed E-state index contributed by atoms with van der Waals surface area (Å²) >= 11 is 18.6. The molecule has 1 aromatic heterocycles. The smallest absolute Gasteiger partial charge is 0.345 e. The molecule has 2 N–H and O–H groups in total. The highest BCUT2D eigenvalue weighted by molar-refractivity contribution is 6.36. The summed E-state index contributed by atoms with van der Waals surface area (Å²) in [5, 5.41) is 6.14. The van der Waals surface area contributed by atoms with E-state index in [2.05, 4.69) is 15.5 Å². The van der Waals surface area contributed by atoms with Crippen LogP contribution in [-0.2, 0) is 0 Å². The first kappa shape index (κ1) is 29.2. The number of methoxy groups -OCH3 is 1. The van der Waals surface area contributed by atoms with E-state index in [0.717, 1.165) is 27.6 Å². The van der Waals surface area contributed by atoms with Crippen molar-refractivity contribution < 1.29 is 19.1 Å². The number of nitrogens with one attached hydrogen (secondary N) is 2. The Bertz CT molecular complexity index is 1880. The van der Waals surface area contributed by atoms with E-state index in [9.17, 15) is 9.59 Å². The van der Waals surface area contributed by atoms with Gasteiger partial charge in [0.1, 0.15) is 5.69 Å². The van der Waals surface area contributed by atoms with Crippen LogP contribution in [0.3, 0.4) is 0 Å². The van der Waals surface area contributed by atoms with E-state index in [1.807, 2.05) is 44.2 Å². The summed E-state index contributed by atoms with van der Waals surface area (Å²) in [5.41, 5.74) is 8.03. The highest BCUT2D eigenvalue weighted by Crippen LogP contribution is 2.38. The molecule has 4 aromatic carbocycles. The average Bonchev–Trinajstić information content (AvgIpc) is 3.33. The first-order chi connectivity index (χ1) is 20.2. The molecule has 5 rings (SSSR count). The lowest BCUT2D eigenvalue weighted by molar-refractivity contribution is 0.0729. The van der Waals surface area contributed by atoms with Crippen molar-refractivity contribution in [2.75, 3.05) is 7.11 Å². The van der Waals surface area contributed by atoms with E-state index in [1.54, 1.807) is 30.3 Å². The second-order valence-electron chi connectivity index (χ2n) is 9.48. The van der Waals surface area contributed by atoms with Crippen LogP contribution in [0, 0.1) is 13.8 Å². The maximum absolute atomic E-state index is 13.4. The molecule has 0 aliphatic carbocycles. The van der Waals surface area contributed by atoms with Crippen LogP contribution >= 0.6 is 34.8 Å². The van der Waals surface area contributed by atoms with Gasteiger partial charge in [0, 0.05) is 32.1 Å². The second-order valence-corrected chi connectivity index (χ2v) is 10.7. The van der Waals surface area contributed by atoms with Crippen LogP contribution in [-0.4, -0.2) is 30.2 Å². The Labute approximate surface area is 257 Å². The van der Waals surface area contributed by atoms with Crippen molar-refractivity contribution in [1.82, 2.24) is 10.4 Å². The fraction of sp³-hybridized carbons (Fsp3) is 0.0938. The van der Waals surface area contributed by atoms with Crippen LogP contribution < -0.4 is 14.9 Å². The summed E-state index contributed by atoms with van der Waals surface area (Å²) in [6.07, 6.45) is 1.45. The van der Waals surface area contributed by atoms with Gasteiger partial charge < -0.3 is 14.5 Å². The number of carbonyl (C=O) groups is 2. The van der Waals surface area contributed by atoms with E-state index in [1.165, 1.54) is 25.5 Å². The summed E-state index contributed by atoms with van der Waals surface area (Å²) in [7, 11) is 1.44. The molecule has 5 aromatic rings. The Morgan fingerprint density at radius 2 is 1.69 bits per heavy atom. The van der Waals surface area contributed by atoms with Gasteiger partial charge >= 0.3 is 5.97 Å². The molecular formula is C32H24Cl3N3O4. The Kier molecular flexibility index (Phi) is 8.54. The third-order valence-corrected chi connectivity index (χ3v) is 7.42. The summed E-state index contributed by atoms with van der Waals surface area (Å²) < 4.78 is 10.9. The minimum atomic E-state index is -0.665. The molecule has 0 aliphatic rings. The van der Waals surface area contributed by atoms with Gasteiger partial charge in [-0.2, -0.15) is 5.10 Å². The number of rotatable bonds is 7. The number of ether oxygens (including phenoxy) is 2. The zero-order valence-electron chi connectivity index (χ0n) is 22.7. The van der Waals surface area contributed by atoms with Crippen molar-refractivity contribution in [3.8, 4) is 22.6 Å². The van der Waals surface area contributed by atoms with Gasteiger partial charge in [0.2, 0.25) is 0 Å². The first-order valence-electron chi connectivity index (χ1n) is 12.7. The van der Waals surface area contributed by atoms with Gasteiger partial charge in [0.25, 0.3) is 5.91 Å². The fourth-order valence-corrected chi connectivity index (χ4v) is 5.36. The maximum atomic E-state index is 13.4. The Hall–Kier alpha value is -4.30. The number of hydrogen-bond donors (Lipinski definition) is 2. The van der Waals surface area contributed by atoms with Gasteiger partial charge in [-0.05, 0) is 73.5 Å². The number of amides is 1. The number of carbonyl (C=O) groups excluding carboxylic acids is 2. The van der Waals surface area contributed by atoms with E-state index in [0.29, 0.717) is 26.9 Å². The Morgan fingerprint density at radius 1 is 0.905 bits per heavy atom. The fourth-order valence-electron chi connectivity index (χ4n) is 4.65. The molecule has 0 bridgehead atoms. The number of aryl methyl sites for hydroxylation is 2. The predicted molar refractivity (Wildman–Crippen MR) is 168 cm³/mol. The van der Waals surface area contributed by atoms with Crippen LogP contribution in [0.1, 0.15) is 37.5 Å². The summed E-state index contributed by atoms with van der Waals surface area (Å²) in [5.74, 6) is -0.637. The Balaban J connectivity index is 1.38. The van der Waals surface area contributed by atoms with Gasteiger partial charge in [-0.1, -0.05) is 64.6 Å². The third-order valence-electron chi connectivity index (χ3n) is 6.54. The molecule has 1 amide bonds. The zero-order chi connectivity index (χ0) is 30.0. The van der Waals surface area contributed by atoms with Crippen molar-refractivity contribution in [2.24, 2.45) is 5.10 Å². The van der Waals surface area contributed by atoms with Gasteiger partial charge in [0.15, 0.2) is 11.5 Å². The molecule has 0 saturated heterocycles. The predicted octanol–water partition coefficient (Wildman–Crippen LogP) is 8.40. The number of nitrogens with zero attached hydrogens (tertiary/aromatic N) is 1. The molecule has 0 saturated carbocycles. The number of aromatic amines is 1. The molecule has 0 unspecified atom stereocenters. The van der Waals surface area contributed by atoms with E-state index >= 15 is 0 Å². The molecule has 0 atom stereocenters. The quantitative estimate of drug-likeness (QED) is 0.0827. The summed E-state index contributed by atoms with van der Waals surface area (Å²) in [6, 6.07) is 20.8. The number of benzene rings is 4. The zero-order valence-corrected chi connectivity index (χ0v) is 25.0. The molecule has 0 fully saturated rings. The highest BCUT2D eigenvalue weighted by atomic mass is 35.5. The molecule has 0 radical (unpaired) electrons. The monoisotopic (exact) mass is 619 g/mol. The van der Waals surface area contributed by atoms with Crippen LogP contribution in [0.15, 0.2) is 77.9 Å². The number of fused-ring (bicyclic) bond motifs is 1. The standard InChI is InChI=1S/C32H24Cl3N3O4/c1-17-12-18(2)29-23(13-17)28(21-6-4-5-7-24(21)34)30(37-29)31(39)38-36-16-19-8-11-26(27(14-19)41-3)42-32(40)22-10-9-20(33)15-25(22)35/h4-16,37H,1-3H3,(H,38,39). The molecule has 10 heteroatoms. The molecule has 0 aliphatic heterocycles. The number of hydrogen-bond acceptors (Lipinski definition) is 5. The van der Waals surface area contributed by atoms with Gasteiger partial charge in [-0.3, -0.25) is 4.79 Å². The van der Waals surface area contributed by atoms with Gasteiger partial charge in [0.05, 0.1) is 23.9 Å². The second kappa shape index (κ2) is 12.3.